The monoisotopic (exact) mass is 1100 g/mol. The number of hydrogen-bond acceptors (Lipinski definition) is 14. The summed E-state index contributed by atoms with van der Waals surface area (Å²) in [6.07, 6.45) is 2.65. The number of nitrogens with zero attached hydrogens (tertiary/aromatic N) is 6. The van der Waals surface area contributed by atoms with Gasteiger partial charge in [-0.15, -0.1) is 0 Å². The fraction of sp³-hybridized carbons (Fsp3) is 0.132. The second kappa shape index (κ2) is 22.5. The van der Waals surface area contributed by atoms with E-state index in [1.165, 1.54) is 87.4 Å². The Morgan fingerprint density at radius 1 is 0.527 bits per heavy atom. The summed E-state index contributed by atoms with van der Waals surface area (Å²) in [7, 11) is -4.32. The first-order chi connectivity index (χ1) is 34.5. The molecular weight excluding hydrogens is 1050 g/mol. The number of ether oxygens (including phenoxy) is 2. The number of fused-ring (bicyclic) bond motifs is 2. The normalized spacial score (nSPS) is 11.4. The van der Waals surface area contributed by atoms with E-state index in [1.54, 1.807) is 74.5 Å². The number of benzene rings is 6. The molecule has 0 radical (unpaired) electrons. The highest BCUT2D eigenvalue weighted by Crippen LogP contribution is 2.44. The Bertz CT molecular complexity index is 3680. The van der Waals surface area contributed by atoms with Crippen LogP contribution in [0.5, 0.6) is 11.5 Å². The minimum Gasteiger partial charge on any atom is -0.496 e. The molecule has 0 aliphatic carbocycles. The average molecular weight is 1100 g/mol. The molecule has 1 atom stereocenters. The fourth-order valence-electron chi connectivity index (χ4n) is 8.20. The van der Waals surface area contributed by atoms with Crippen LogP contribution < -0.4 is 9.47 Å². The van der Waals surface area contributed by atoms with E-state index in [2.05, 4.69) is 30.7 Å². The zero-order valence-electron chi connectivity index (χ0n) is 39.1. The summed E-state index contributed by atoms with van der Waals surface area (Å²) in [5.41, 5.74) is 7.76. The van der Waals surface area contributed by atoms with E-state index in [1.807, 2.05) is 0 Å². The van der Waals surface area contributed by atoms with Gasteiger partial charge in [0.05, 0.1) is 57.8 Å². The van der Waals surface area contributed by atoms with Gasteiger partial charge in [0.1, 0.15) is 47.2 Å². The molecule has 0 aliphatic rings. The van der Waals surface area contributed by atoms with Crippen molar-refractivity contribution in [2.24, 2.45) is 0 Å². The first-order valence-corrected chi connectivity index (χ1v) is 25.7. The van der Waals surface area contributed by atoms with Crippen molar-refractivity contribution in [1.82, 2.24) is 30.7 Å². The Morgan fingerprint density at radius 3 is 1.28 bits per heavy atom. The molecule has 21 heteroatoms. The summed E-state index contributed by atoms with van der Waals surface area (Å²) in [4.78, 5) is 0.183. The topological polar surface area (TPSA) is 190 Å². The SMILES string of the molecule is C.COc1cc(-c2cccc(F)c2)c(Cl)cc1-c1c(C)nnc2cc(S(=O)(=O)Cc3ccon3)ccc12.COc1cc(-c2cccc(F)c2)c(Cl)cc1-c1c(C)nnc2cc(S(=O)(=O)Cc3ccon3)ccc12.P. The number of hydrogen-bond donors (Lipinski definition) is 0. The molecule has 0 bridgehead atoms. The van der Waals surface area contributed by atoms with Gasteiger partial charge in [-0.3, -0.25) is 0 Å². The molecule has 74 heavy (non-hydrogen) atoms. The molecule has 0 saturated carbocycles. The second-order valence-corrected chi connectivity index (χ2v) is 21.1. The van der Waals surface area contributed by atoms with Crippen molar-refractivity contribution >= 4 is 74.6 Å². The maximum Gasteiger partial charge on any atom is 0.184 e. The average Bonchev–Trinajstić information content (AvgIpc) is 4.08. The van der Waals surface area contributed by atoms with E-state index in [0.29, 0.717) is 111 Å². The Hall–Kier alpha value is -7.21. The van der Waals surface area contributed by atoms with Gasteiger partial charge in [-0.05, 0) is 97.8 Å². The minimum absolute atomic E-state index is 0. The quantitative estimate of drug-likeness (QED) is 0.105. The lowest BCUT2D eigenvalue weighted by molar-refractivity contribution is 0.413. The van der Waals surface area contributed by atoms with Gasteiger partial charge in [0, 0.05) is 66.3 Å². The van der Waals surface area contributed by atoms with Crippen molar-refractivity contribution in [2.45, 2.75) is 42.6 Å². The molecule has 0 amide bonds. The van der Waals surface area contributed by atoms with Crippen LogP contribution in [-0.4, -0.2) is 61.8 Å². The maximum atomic E-state index is 13.8. The molecule has 0 fully saturated rings. The molecule has 0 N–H and O–H groups in total. The van der Waals surface area contributed by atoms with E-state index < -0.39 is 19.7 Å². The summed E-state index contributed by atoms with van der Waals surface area (Å²) < 4.78 is 100. The Morgan fingerprint density at radius 2 is 0.932 bits per heavy atom. The molecule has 0 saturated heterocycles. The summed E-state index contributed by atoms with van der Waals surface area (Å²) in [5, 5.41) is 26.5. The third kappa shape index (κ3) is 11.3. The molecule has 0 aliphatic heterocycles. The molecule has 14 nitrogen and oxygen atoms in total. The van der Waals surface area contributed by atoms with Crippen LogP contribution in [-0.2, 0) is 31.2 Å². The fourth-order valence-corrected chi connectivity index (χ4v) is 11.3. The van der Waals surface area contributed by atoms with Crippen LogP contribution in [0.1, 0.15) is 30.2 Å². The van der Waals surface area contributed by atoms with Crippen molar-refractivity contribution in [3.8, 4) is 56.0 Å². The summed E-state index contributed by atoms with van der Waals surface area (Å²) in [5.74, 6) is -0.349. The lowest BCUT2D eigenvalue weighted by atomic mass is 9.95. The zero-order valence-corrected chi connectivity index (χ0v) is 43.7. The van der Waals surface area contributed by atoms with Crippen molar-refractivity contribution < 1.29 is 44.1 Å². The van der Waals surface area contributed by atoms with Gasteiger partial charge in [-0.25, -0.2) is 25.6 Å². The number of aromatic nitrogens is 6. The van der Waals surface area contributed by atoms with E-state index in [-0.39, 0.29) is 50.3 Å². The van der Waals surface area contributed by atoms with Crippen LogP contribution in [0, 0.1) is 25.5 Å². The highest BCUT2D eigenvalue weighted by atomic mass is 35.5. The molecule has 1 unspecified atom stereocenters. The first kappa shape index (κ1) is 54.6. The van der Waals surface area contributed by atoms with Gasteiger partial charge >= 0.3 is 0 Å². The molecule has 4 aromatic heterocycles. The molecule has 4 heterocycles. The van der Waals surface area contributed by atoms with E-state index in [4.69, 9.17) is 41.7 Å². The molecule has 10 aromatic rings. The predicted molar refractivity (Wildman–Crippen MR) is 286 cm³/mol. The Labute approximate surface area is 438 Å². The van der Waals surface area contributed by atoms with Gasteiger partial charge in [-0.2, -0.15) is 30.3 Å². The first-order valence-electron chi connectivity index (χ1n) is 21.6. The summed E-state index contributed by atoms with van der Waals surface area (Å²) in [6, 6.07) is 31.6. The van der Waals surface area contributed by atoms with Crippen molar-refractivity contribution in [3.63, 3.8) is 0 Å². The lowest BCUT2D eigenvalue weighted by Gasteiger charge is -2.16. The maximum absolute atomic E-state index is 13.8. The van der Waals surface area contributed by atoms with Gasteiger partial charge in [-0.1, -0.05) is 77.3 Å². The highest BCUT2D eigenvalue weighted by molar-refractivity contribution is 7.91. The van der Waals surface area contributed by atoms with Crippen molar-refractivity contribution in [1.29, 1.82) is 0 Å². The zero-order chi connectivity index (χ0) is 50.9. The second-order valence-electron chi connectivity index (χ2n) is 16.3. The third-order valence-corrected chi connectivity index (χ3v) is 15.5. The lowest BCUT2D eigenvalue weighted by Crippen LogP contribution is -2.06. The number of halogens is 4. The van der Waals surface area contributed by atoms with E-state index in [0.717, 1.165) is 0 Å². The third-order valence-electron chi connectivity index (χ3n) is 11.6. The molecular formula is C53H45Cl2F2N6O8PS2. The molecule has 6 aromatic carbocycles. The van der Waals surface area contributed by atoms with Crippen molar-refractivity contribution in [2.75, 3.05) is 14.2 Å². The van der Waals surface area contributed by atoms with E-state index >= 15 is 0 Å². The molecule has 380 valence electrons. The smallest absolute Gasteiger partial charge is 0.184 e. The van der Waals surface area contributed by atoms with Crippen LogP contribution in [0.4, 0.5) is 8.78 Å². The number of methoxy groups -OCH3 is 2. The largest absolute Gasteiger partial charge is 0.496 e. The number of aryl methyl sites for hydroxylation is 2. The standard InChI is InChI=1S/2C26H19ClFN3O4S.CH4.H3P/c2*1-15-26(22-12-23(27)21(13-25(22)34-2)16-4-3-5-17(28)10-16)20-7-6-19(11-24(20)30-29-15)36(32,33)14-18-8-9-35-31-18;;/h2*3-13H,14H2,1-2H3;1H4;1H3. The molecule has 10 rings (SSSR count). The van der Waals surface area contributed by atoms with E-state index in [9.17, 15) is 25.6 Å². The van der Waals surface area contributed by atoms with Crippen LogP contribution >= 0.6 is 33.1 Å². The predicted octanol–water partition coefficient (Wildman–Crippen LogP) is 12.8. The molecule has 0 spiro atoms. The van der Waals surface area contributed by atoms with Crippen LogP contribution in [0.25, 0.3) is 66.3 Å². The summed E-state index contributed by atoms with van der Waals surface area (Å²) >= 11 is 13.3. The van der Waals surface area contributed by atoms with Crippen LogP contribution in [0.3, 0.4) is 0 Å². The Balaban J connectivity index is 0.000000211. The van der Waals surface area contributed by atoms with Gasteiger partial charge < -0.3 is 18.5 Å². The highest BCUT2D eigenvalue weighted by Gasteiger charge is 2.24. The van der Waals surface area contributed by atoms with Gasteiger partial charge in [0.15, 0.2) is 19.7 Å². The summed E-state index contributed by atoms with van der Waals surface area (Å²) in [6.45, 7) is 3.59. The minimum atomic E-state index is -3.69. The number of sulfone groups is 2. The van der Waals surface area contributed by atoms with Gasteiger partial charge in [0.25, 0.3) is 0 Å². The number of rotatable bonds is 12. The van der Waals surface area contributed by atoms with Crippen molar-refractivity contribution in [3.05, 3.63) is 178 Å². The van der Waals surface area contributed by atoms with Gasteiger partial charge in [0.2, 0.25) is 0 Å². The van der Waals surface area contributed by atoms with Crippen LogP contribution in [0.15, 0.2) is 153 Å². The van der Waals surface area contributed by atoms with Crippen LogP contribution in [0.2, 0.25) is 10.0 Å². The Kier molecular flexibility index (Phi) is 16.6.